The molecule has 0 radical (unpaired) electrons. The van der Waals surface area contributed by atoms with Crippen molar-refractivity contribution in [1.29, 1.82) is 0 Å². The molecule has 0 atom stereocenters. The third-order valence-corrected chi connectivity index (χ3v) is 2.52. The minimum absolute atomic E-state index is 0.207. The summed E-state index contributed by atoms with van der Waals surface area (Å²) in [6, 6.07) is 8.68. The quantitative estimate of drug-likeness (QED) is 0.469. The highest BCUT2D eigenvalue weighted by Gasteiger charge is 2.05. The van der Waals surface area contributed by atoms with Crippen LogP contribution in [-0.2, 0) is 16.0 Å². The van der Waals surface area contributed by atoms with Gasteiger partial charge in [0.1, 0.15) is 5.58 Å². The summed E-state index contributed by atoms with van der Waals surface area (Å²) in [6.07, 6.45) is 1.57. The fourth-order valence-electron chi connectivity index (χ4n) is 1.71. The van der Waals surface area contributed by atoms with Crippen LogP contribution in [0.1, 0.15) is 5.56 Å². The molecule has 92 valence electrons. The molecule has 0 N–H and O–H groups in total. The molecule has 0 amide bonds. The number of para-hydroxylation sites is 1. The van der Waals surface area contributed by atoms with Crippen LogP contribution in [0.2, 0.25) is 0 Å². The summed E-state index contributed by atoms with van der Waals surface area (Å²) in [4.78, 5) is 22.3. The minimum atomic E-state index is -0.470. The van der Waals surface area contributed by atoms with Gasteiger partial charge in [0.15, 0.2) is 0 Å². The molecule has 0 aliphatic carbocycles. The van der Waals surface area contributed by atoms with E-state index in [1.807, 2.05) is 12.1 Å². The van der Waals surface area contributed by atoms with Crippen molar-refractivity contribution in [3.8, 4) is 0 Å². The molecule has 0 bridgehead atoms. The van der Waals surface area contributed by atoms with E-state index in [0.717, 1.165) is 17.0 Å². The topological polar surface area (TPSA) is 56.5 Å². The van der Waals surface area contributed by atoms with E-state index < -0.39 is 11.6 Å². The largest absolute Gasteiger partial charge is 0.462 e. The van der Waals surface area contributed by atoms with Crippen LogP contribution < -0.4 is 5.63 Å². The second-order valence-electron chi connectivity index (χ2n) is 3.71. The summed E-state index contributed by atoms with van der Waals surface area (Å²) in [6.45, 7) is 3.52. The molecular weight excluding hydrogens is 232 g/mol. The molecule has 2 aromatic rings. The maximum Gasteiger partial charge on any atom is 0.336 e. The van der Waals surface area contributed by atoms with Gasteiger partial charge in [-0.25, -0.2) is 9.59 Å². The van der Waals surface area contributed by atoms with Gasteiger partial charge in [-0.15, -0.1) is 0 Å². The van der Waals surface area contributed by atoms with Crippen LogP contribution in [-0.4, -0.2) is 12.6 Å². The lowest BCUT2D eigenvalue weighted by Gasteiger charge is -2.05. The van der Waals surface area contributed by atoms with Crippen LogP contribution in [0.5, 0.6) is 0 Å². The smallest absolute Gasteiger partial charge is 0.336 e. The highest BCUT2D eigenvalue weighted by molar-refractivity contribution is 5.81. The van der Waals surface area contributed by atoms with E-state index in [9.17, 15) is 9.59 Å². The van der Waals surface area contributed by atoms with E-state index >= 15 is 0 Å². The third kappa shape index (κ3) is 2.66. The summed E-state index contributed by atoms with van der Waals surface area (Å²) in [5.74, 6) is -0.470. The van der Waals surface area contributed by atoms with E-state index in [1.54, 1.807) is 12.1 Å². The maximum atomic E-state index is 11.4. The summed E-state index contributed by atoms with van der Waals surface area (Å²) >= 11 is 0. The SMILES string of the molecule is C=CC(=O)OCCc1cc(=O)oc2ccccc12. The zero-order valence-corrected chi connectivity index (χ0v) is 9.72. The molecule has 0 aliphatic heterocycles. The third-order valence-electron chi connectivity index (χ3n) is 2.52. The van der Waals surface area contributed by atoms with Crippen LogP contribution in [0.25, 0.3) is 11.0 Å². The Bertz CT molecular complexity index is 640. The van der Waals surface area contributed by atoms with Gasteiger partial charge in [0.2, 0.25) is 0 Å². The van der Waals surface area contributed by atoms with E-state index in [0.29, 0.717) is 12.0 Å². The van der Waals surface area contributed by atoms with Crippen LogP contribution in [0, 0.1) is 0 Å². The van der Waals surface area contributed by atoms with Crippen molar-refractivity contribution >= 4 is 16.9 Å². The Hall–Kier alpha value is -2.36. The summed E-state index contributed by atoms with van der Waals surface area (Å²) in [7, 11) is 0. The average Bonchev–Trinajstić information content (AvgIpc) is 2.38. The molecule has 4 nitrogen and oxygen atoms in total. The zero-order chi connectivity index (χ0) is 13.0. The molecule has 1 aromatic carbocycles. The summed E-state index contributed by atoms with van der Waals surface area (Å²) < 4.78 is 9.97. The van der Waals surface area contributed by atoms with Gasteiger partial charge in [-0.1, -0.05) is 24.8 Å². The average molecular weight is 244 g/mol. The predicted molar refractivity (Wildman–Crippen MR) is 67.3 cm³/mol. The van der Waals surface area contributed by atoms with Crippen molar-refractivity contribution in [2.45, 2.75) is 6.42 Å². The number of hydrogen-bond acceptors (Lipinski definition) is 4. The molecule has 0 fully saturated rings. The first kappa shape index (κ1) is 12.1. The van der Waals surface area contributed by atoms with Gasteiger partial charge in [-0.2, -0.15) is 0 Å². The summed E-state index contributed by atoms with van der Waals surface area (Å²) in [5.41, 5.74) is 0.938. The van der Waals surface area contributed by atoms with Crippen molar-refractivity contribution in [2.24, 2.45) is 0 Å². The van der Waals surface area contributed by atoms with E-state index in [-0.39, 0.29) is 6.61 Å². The molecule has 18 heavy (non-hydrogen) atoms. The van der Waals surface area contributed by atoms with Crippen molar-refractivity contribution in [1.82, 2.24) is 0 Å². The lowest BCUT2D eigenvalue weighted by Crippen LogP contribution is -2.07. The maximum absolute atomic E-state index is 11.4. The zero-order valence-electron chi connectivity index (χ0n) is 9.72. The number of carbonyl (C=O) groups is 1. The molecular formula is C14H12O4. The number of hydrogen-bond donors (Lipinski definition) is 0. The molecule has 1 heterocycles. The monoisotopic (exact) mass is 244 g/mol. The fourth-order valence-corrected chi connectivity index (χ4v) is 1.71. The van der Waals surface area contributed by atoms with Crippen molar-refractivity contribution in [3.05, 3.63) is 59.0 Å². The van der Waals surface area contributed by atoms with E-state index in [1.165, 1.54) is 6.07 Å². The lowest BCUT2D eigenvalue weighted by molar-refractivity contribution is -0.137. The Kier molecular flexibility index (Phi) is 3.57. The number of fused-ring (bicyclic) bond motifs is 1. The fraction of sp³-hybridized carbons (Fsp3) is 0.143. The summed E-state index contributed by atoms with van der Waals surface area (Å²) in [5, 5.41) is 0.853. The minimum Gasteiger partial charge on any atom is -0.462 e. The van der Waals surface area contributed by atoms with Crippen LogP contribution in [0.4, 0.5) is 0 Å². The second kappa shape index (κ2) is 5.31. The van der Waals surface area contributed by atoms with Crippen molar-refractivity contribution in [3.63, 3.8) is 0 Å². The van der Waals surface area contributed by atoms with Crippen LogP contribution in [0.3, 0.4) is 0 Å². The lowest BCUT2D eigenvalue weighted by atomic mass is 10.1. The second-order valence-corrected chi connectivity index (χ2v) is 3.71. The molecule has 0 saturated carbocycles. The molecule has 4 heteroatoms. The molecule has 0 saturated heterocycles. The predicted octanol–water partition coefficient (Wildman–Crippen LogP) is 2.06. The number of esters is 1. The first-order valence-corrected chi connectivity index (χ1v) is 5.51. The van der Waals surface area contributed by atoms with Gasteiger partial charge in [0, 0.05) is 23.9 Å². The van der Waals surface area contributed by atoms with Gasteiger partial charge >= 0.3 is 11.6 Å². The Morgan fingerprint density at radius 3 is 2.94 bits per heavy atom. The first-order valence-electron chi connectivity index (χ1n) is 5.51. The van der Waals surface area contributed by atoms with Crippen LogP contribution >= 0.6 is 0 Å². The van der Waals surface area contributed by atoms with Gasteiger partial charge in [0.05, 0.1) is 6.61 Å². The highest BCUT2D eigenvalue weighted by atomic mass is 16.5. The van der Waals surface area contributed by atoms with E-state index in [2.05, 4.69) is 6.58 Å². The van der Waals surface area contributed by atoms with Gasteiger partial charge < -0.3 is 9.15 Å². The van der Waals surface area contributed by atoms with Crippen LogP contribution in [0.15, 0.2) is 52.2 Å². The number of carbonyl (C=O) groups excluding carboxylic acids is 1. The Balaban J connectivity index is 2.24. The number of rotatable bonds is 4. The molecule has 2 rings (SSSR count). The highest BCUT2D eigenvalue weighted by Crippen LogP contribution is 2.16. The molecule has 1 aromatic heterocycles. The Morgan fingerprint density at radius 1 is 1.39 bits per heavy atom. The van der Waals surface area contributed by atoms with Gasteiger partial charge in [0.25, 0.3) is 0 Å². The van der Waals surface area contributed by atoms with Gasteiger partial charge in [-0.05, 0) is 11.6 Å². The molecule has 0 spiro atoms. The van der Waals surface area contributed by atoms with E-state index in [4.69, 9.17) is 9.15 Å². The number of benzene rings is 1. The Morgan fingerprint density at radius 2 is 2.17 bits per heavy atom. The van der Waals surface area contributed by atoms with Crippen molar-refractivity contribution in [2.75, 3.05) is 6.61 Å². The first-order chi connectivity index (χ1) is 8.70. The molecule has 0 unspecified atom stereocenters. The number of ether oxygens (including phenoxy) is 1. The van der Waals surface area contributed by atoms with Gasteiger partial charge in [-0.3, -0.25) is 0 Å². The van der Waals surface area contributed by atoms with Crippen molar-refractivity contribution < 1.29 is 13.9 Å². The molecule has 0 aliphatic rings. The Labute approximate surface area is 103 Å². The normalized spacial score (nSPS) is 10.2. The standard InChI is InChI=1S/C14H12O4/c1-2-13(15)17-8-7-10-9-14(16)18-12-6-4-3-5-11(10)12/h2-6,9H,1,7-8H2.